The molecule has 0 aromatic carbocycles. The summed E-state index contributed by atoms with van der Waals surface area (Å²) >= 11 is 0. The molecule has 118 valence electrons. The highest BCUT2D eigenvalue weighted by Gasteiger charge is 2.50. The van der Waals surface area contributed by atoms with E-state index in [1.165, 1.54) is 38.5 Å². The molecule has 0 aromatic heterocycles. The van der Waals surface area contributed by atoms with Gasteiger partial charge in [-0.3, -0.25) is 4.79 Å². The number of nitrogens with two attached hydrogens (primary N) is 1. The van der Waals surface area contributed by atoms with Crippen molar-refractivity contribution >= 4 is 5.91 Å². The zero-order valence-electron chi connectivity index (χ0n) is 12.9. The maximum Gasteiger partial charge on any atom is 0.249 e. The lowest BCUT2D eigenvalue weighted by Gasteiger charge is -2.57. The summed E-state index contributed by atoms with van der Waals surface area (Å²) in [5.41, 5.74) is 6.03. The molecule has 4 bridgehead atoms. The average Bonchev–Trinajstić information content (AvgIpc) is 2.92. The summed E-state index contributed by atoms with van der Waals surface area (Å²) < 4.78 is 5.71. The molecule has 4 nitrogen and oxygen atoms in total. The van der Waals surface area contributed by atoms with Crippen LogP contribution in [0, 0.1) is 23.2 Å². The standard InChI is InChI=1S/C17H28N2O2/c18-9-14-1-2-15(21-14)16(20)19-10-17-6-11-3-12(7-17)5-13(4-11)8-17/h11-15H,1-10,18H2,(H,19,20)/t11?,12?,13?,14-,15+,17?/m1/s1. The van der Waals surface area contributed by atoms with E-state index in [0.29, 0.717) is 12.0 Å². The molecule has 5 rings (SSSR count). The van der Waals surface area contributed by atoms with Crippen molar-refractivity contribution in [2.24, 2.45) is 28.9 Å². The predicted molar refractivity (Wildman–Crippen MR) is 80.6 cm³/mol. The highest BCUT2D eigenvalue weighted by atomic mass is 16.5. The minimum absolute atomic E-state index is 0.0836. The third-order valence-corrected chi connectivity index (χ3v) is 6.47. The van der Waals surface area contributed by atoms with Crippen molar-refractivity contribution in [3.8, 4) is 0 Å². The third kappa shape index (κ3) is 2.61. The fourth-order valence-electron chi connectivity index (χ4n) is 5.97. The summed E-state index contributed by atoms with van der Waals surface area (Å²) in [5.74, 6) is 2.93. The van der Waals surface area contributed by atoms with Crippen molar-refractivity contribution in [1.29, 1.82) is 0 Å². The number of hydrogen-bond donors (Lipinski definition) is 2. The molecule has 1 aliphatic heterocycles. The quantitative estimate of drug-likeness (QED) is 0.831. The van der Waals surface area contributed by atoms with Crippen molar-refractivity contribution in [3.63, 3.8) is 0 Å². The number of nitrogens with one attached hydrogen (secondary N) is 1. The molecule has 5 aliphatic rings. The Kier molecular flexibility index (Phi) is 3.49. The van der Waals surface area contributed by atoms with Crippen LogP contribution in [0.1, 0.15) is 51.4 Å². The minimum Gasteiger partial charge on any atom is -0.364 e. The van der Waals surface area contributed by atoms with Gasteiger partial charge in [-0.2, -0.15) is 0 Å². The zero-order valence-corrected chi connectivity index (χ0v) is 12.9. The Morgan fingerprint density at radius 1 is 1.10 bits per heavy atom. The third-order valence-electron chi connectivity index (χ3n) is 6.47. The first kappa shape index (κ1) is 14.0. The second-order valence-electron chi connectivity index (χ2n) is 8.20. The smallest absolute Gasteiger partial charge is 0.249 e. The normalized spacial score (nSPS) is 47.8. The van der Waals surface area contributed by atoms with Crippen molar-refractivity contribution in [2.45, 2.75) is 63.6 Å². The molecule has 3 N–H and O–H groups in total. The van der Waals surface area contributed by atoms with Gasteiger partial charge in [-0.25, -0.2) is 0 Å². The van der Waals surface area contributed by atoms with Gasteiger partial charge in [0.25, 0.3) is 0 Å². The first-order chi connectivity index (χ1) is 10.2. The molecule has 4 aliphatic carbocycles. The van der Waals surface area contributed by atoms with Crippen LogP contribution in [0.2, 0.25) is 0 Å². The molecule has 1 saturated heterocycles. The maximum atomic E-state index is 12.3. The Balaban J connectivity index is 1.33. The Morgan fingerprint density at radius 3 is 2.24 bits per heavy atom. The zero-order chi connectivity index (χ0) is 14.4. The van der Waals surface area contributed by atoms with E-state index in [1.54, 1.807) is 0 Å². The van der Waals surface area contributed by atoms with Gasteiger partial charge >= 0.3 is 0 Å². The molecule has 0 aromatic rings. The van der Waals surface area contributed by atoms with E-state index in [1.807, 2.05) is 0 Å². The Labute approximate surface area is 127 Å². The number of carbonyl (C=O) groups excluding carboxylic acids is 1. The molecule has 2 atom stereocenters. The summed E-state index contributed by atoms with van der Waals surface area (Å²) in [7, 11) is 0. The van der Waals surface area contributed by atoms with E-state index in [-0.39, 0.29) is 18.1 Å². The van der Waals surface area contributed by atoms with Gasteiger partial charge in [0.2, 0.25) is 5.91 Å². The molecule has 4 saturated carbocycles. The van der Waals surface area contributed by atoms with Crippen molar-refractivity contribution in [3.05, 3.63) is 0 Å². The molecular formula is C17H28N2O2. The fourth-order valence-corrected chi connectivity index (χ4v) is 5.97. The topological polar surface area (TPSA) is 64.4 Å². The SMILES string of the molecule is NC[C@H]1CC[C@@H](C(=O)NCC23CC4CC(CC(C4)C2)C3)O1. The predicted octanol–water partition coefficient (Wildman–Crippen LogP) is 1.83. The van der Waals surface area contributed by atoms with E-state index in [2.05, 4.69) is 5.32 Å². The van der Waals surface area contributed by atoms with E-state index in [9.17, 15) is 4.79 Å². The van der Waals surface area contributed by atoms with Gasteiger partial charge in [0.15, 0.2) is 0 Å². The molecule has 5 fully saturated rings. The lowest BCUT2D eigenvalue weighted by atomic mass is 9.49. The highest BCUT2D eigenvalue weighted by Crippen LogP contribution is 2.59. The highest BCUT2D eigenvalue weighted by molar-refractivity contribution is 5.81. The summed E-state index contributed by atoms with van der Waals surface area (Å²) in [6, 6.07) is 0. The van der Waals surface area contributed by atoms with Crippen molar-refractivity contribution in [1.82, 2.24) is 5.32 Å². The minimum atomic E-state index is -0.257. The number of amides is 1. The van der Waals surface area contributed by atoms with E-state index in [0.717, 1.165) is 37.1 Å². The van der Waals surface area contributed by atoms with E-state index in [4.69, 9.17) is 10.5 Å². The Hall–Kier alpha value is -0.610. The monoisotopic (exact) mass is 292 g/mol. The molecule has 21 heavy (non-hydrogen) atoms. The molecule has 0 spiro atoms. The van der Waals surface area contributed by atoms with Gasteiger partial charge in [0.1, 0.15) is 6.10 Å². The number of hydrogen-bond acceptors (Lipinski definition) is 3. The maximum absolute atomic E-state index is 12.3. The van der Waals surface area contributed by atoms with E-state index >= 15 is 0 Å². The second-order valence-corrected chi connectivity index (χ2v) is 8.20. The summed E-state index contributed by atoms with van der Waals surface area (Å²) in [6.07, 6.45) is 9.97. The summed E-state index contributed by atoms with van der Waals surface area (Å²) in [4.78, 5) is 12.3. The lowest BCUT2D eigenvalue weighted by molar-refractivity contribution is -0.133. The van der Waals surface area contributed by atoms with Crippen LogP contribution in [0.25, 0.3) is 0 Å². The Morgan fingerprint density at radius 2 is 1.71 bits per heavy atom. The lowest BCUT2D eigenvalue weighted by Crippen LogP contribution is -2.52. The molecule has 4 heteroatoms. The van der Waals surface area contributed by atoms with Gasteiger partial charge in [-0.15, -0.1) is 0 Å². The molecular weight excluding hydrogens is 264 g/mol. The first-order valence-electron chi connectivity index (χ1n) is 8.79. The van der Waals surface area contributed by atoms with Crippen LogP contribution >= 0.6 is 0 Å². The summed E-state index contributed by atoms with van der Waals surface area (Å²) in [5, 5.41) is 3.22. The molecule has 1 heterocycles. The van der Waals surface area contributed by atoms with Crippen LogP contribution in [-0.4, -0.2) is 31.2 Å². The van der Waals surface area contributed by atoms with Gasteiger partial charge < -0.3 is 15.8 Å². The van der Waals surface area contributed by atoms with Crippen LogP contribution < -0.4 is 11.1 Å². The molecule has 0 radical (unpaired) electrons. The van der Waals surface area contributed by atoms with Crippen LogP contribution in [0.3, 0.4) is 0 Å². The van der Waals surface area contributed by atoms with Gasteiger partial charge in [0.05, 0.1) is 6.10 Å². The Bertz CT molecular complexity index is 388. The van der Waals surface area contributed by atoms with Gasteiger partial charge in [0, 0.05) is 13.1 Å². The van der Waals surface area contributed by atoms with E-state index < -0.39 is 0 Å². The van der Waals surface area contributed by atoms with Gasteiger partial charge in [-0.1, -0.05) is 0 Å². The number of ether oxygens (including phenoxy) is 1. The van der Waals surface area contributed by atoms with Crippen molar-refractivity contribution in [2.75, 3.05) is 13.1 Å². The van der Waals surface area contributed by atoms with Crippen LogP contribution in [0.4, 0.5) is 0 Å². The average molecular weight is 292 g/mol. The first-order valence-corrected chi connectivity index (χ1v) is 8.79. The van der Waals surface area contributed by atoms with Gasteiger partial charge in [-0.05, 0) is 74.5 Å². The molecule has 0 unspecified atom stereocenters. The molecule has 1 amide bonds. The van der Waals surface area contributed by atoms with Crippen molar-refractivity contribution < 1.29 is 9.53 Å². The second kappa shape index (κ2) is 5.24. The van der Waals surface area contributed by atoms with Crippen LogP contribution in [-0.2, 0) is 9.53 Å². The van der Waals surface area contributed by atoms with Crippen LogP contribution in [0.5, 0.6) is 0 Å². The number of rotatable bonds is 4. The number of carbonyl (C=O) groups is 1. The largest absolute Gasteiger partial charge is 0.364 e. The van der Waals surface area contributed by atoms with Crippen LogP contribution in [0.15, 0.2) is 0 Å². The fraction of sp³-hybridized carbons (Fsp3) is 0.941. The summed E-state index contributed by atoms with van der Waals surface area (Å²) in [6.45, 7) is 1.40.